The SMILES string of the molecule is CCOC(=O)c1c(C)nn(Cc2ccccc2)c1CBr. The smallest absolute Gasteiger partial charge is 0.341 e. The summed E-state index contributed by atoms with van der Waals surface area (Å²) in [5.74, 6) is -0.307. The third-order valence-electron chi connectivity index (χ3n) is 3.01. The van der Waals surface area contributed by atoms with Crippen LogP contribution in [0.25, 0.3) is 0 Å². The zero-order valence-electron chi connectivity index (χ0n) is 11.6. The van der Waals surface area contributed by atoms with Crippen molar-refractivity contribution in [2.45, 2.75) is 25.7 Å². The van der Waals surface area contributed by atoms with E-state index in [1.807, 2.05) is 41.9 Å². The number of hydrogen-bond donors (Lipinski definition) is 0. The standard InChI is InChI=1S/C15H17BrN2O2/c1-3-20-15(19)14-11(2)17-18(13(14)9-16)10-12-7-5-4-6-8-12/h4-8H,3,9-10H2,1-2H3. The van der Waals surface area contributed by atoms with E-state index in [1.165, 1.54) is 0 Å². The Labute approximate surface area is 126 Å². The topological polar surface area (TPSA) is 44.1 Å². The van der Waals surface area contributed by atoms with Gasteiger partial charge in [-0.25, -0.2) is 4.79 Å². The van der Waals surface area contributed by atoms with E-state index < -0.39 is 0 Å². The van der Waals surface area contributed by atoms with Crippen molar-refractivity contribution in [1.29, 1.82) is 0 Å². The van der Waals surface area contributed by atoms with Crippen molar-refractivity contribution in [2.24, 2.45) is 0 Å². The number of carbonyl (C=O) groups excluding carboxylic acids is 1. The molecule has 0 radical (unpaired) electrons. The van der Waals surface area contributed by atoms with E-state index in [2.05, 4.69) is 21.0 Å². The molecule has 0 bridgehead atoms. The van der Waals surface area contributed by atoms with Crippen molar-refractivity contribution in [3.8, 4) is 0 Å². The van der Waals surface area contributed by atoms with Gasteiger partial charge in [-0.3, -0.25) is 4.68 Å². The first-order chi connectivity index (χ1) is 9.67. The van der Waals surface area contributed by atoms with Gasteiger partial charge in [-0.15, -0.1) is 0 Å². The largest absolute Gasteiger partial charge is 0.462 e. The van der Waals surface area contributed by atoms with Gasteiger partial charge in [0, 0.05) is 5.33 Å². The summed E-state index contributed by atoms with van der Waals surface area (Å²) in [7, 11) is 0. The van der Waals surface area contributed by atoms with E-state index in [-0.39, 0.29) is 5.97 Å². The number of hydrogen-bond acceptors (Lipinski definition) is 3. The van der Waals surface area contributed by atoms with Gasteiger partial charge in [0.25, 0.3) is 0 Å². The first-order valence-corrected chi connectivity index (χ1v) is 7.62. The molecule has 4 nitrogen and oxygen atoms in total. The number of rotatable bonds is 5. The predicted octanol–water partition coefficient (Wildman–Crippen LogP) is 3.31. The highest BCUT2D eigenvalue weighted by atomic mass is 79.9. The van der Waals surface area contributed by atoms with Gasteiger partial charge in [-0.1, -0.05) is 46.3 Å². The van der Waals surface area contributed by atoms with E-state index >= 15 is 0 Å². The molecule has 0 aliphatic carbocycles. The van der Waals surface area contributed by atoms with Gasteiger partial charge in [-0.05, 0) is 19.4 Å². The summed E-state index contributed by atoms with van der Waals surface area (Å²) in [5.41, 5.74) is 3.27. The lowest BCUT2D eigenvalue weighted by Gasteiger charge is -2.07. The Morgan fingerprint density at radius 3 is 2.65 bits per heavy atom. The number of aromatic nitrogens is 2. The van der Waals surface area contributed by atoms with Crippen LogP contribution in [0.3, 0.4) is 0 Å². The molecule has 0 aliphatic rings. The molecule has 2 rings (SSSR count). The molecule has 0 atom stereocenters. The number of nitrogens with zero attached hydrogens (tertiary/aromatic N) is 2. The summed E-state index contributed by atoms with van der Waals surface area (Å²) < 4.78 is 6.95. The van der Waals surface area contributed by atoms with E-state index in [0.29, 0.717) is 29.7 Å². The Kier molecular flexibility index (Phi) is 4.95. The average Bonchev–Trinajstić information content (AvgIpc) is 2.75. The number of esters is 1. The first kappa shape index (κ1) is 14.8. The van der Waals surface area contributed by atoms with Crippen LogP contribution in [0, 0.1) is 6.92 Å². The molecule has 1 aromatic carbocycles. The van der Waals surface area contributed by atoms with Crippen LogP contribution in [0.15, 0.2) is 30.3 Å². The van der Waals surface area contributed by atoms with Crippen LogP contribution < -0.4 is 0 Å². The second kappa shape index (κ2) is 6.70. The van der Waals surface area contributed by atoms with E-state index in [9.17, 15) is 4.79 Å². The number of ether oxygens (including phenoxy) is 1. The molecular formula is C15H17BrN2O2. The summed E-state index contributed by atoms with van der Waals surface area (Å²) >= 11 is 3.44. The van der Waals surface area contributed by atoms with Crippen LogP contribution >= 0.6 is 15.9 Å². The third-order valence-corrected chi connectivity index (χ3v) is 3.55. The molecule has 2 aromatic rings. The number of aryl methyl sites for hydroxylation is 1. The van der Waals surface area contributed by atoms with Crippen LogP contribution in [0.2, 0.25) is 0 Å². The van der Waals surface area contributed by atoms with Crippen LogP contribution in [0.4, 0.5) is 0 Å². The molecule has 0 fully saturated rings. The molecule has 106 valence electrons. The predicted molar refractivity (Wildman–Crippen MR) is 81.1 cm³/mol. The van der Waals surface area contributed by atoms with Gasteiger partial charge in [0.1, 0.15) is 5.56 Å². The fourth-order valence-corrected chi connectivity index (χ4v) is 2.69. The van der Waals surface area contributed by atoms with E-state index in [1.54, 1.807) is 6.92 Å². The van der Waals surface area contributed by atoms with Gasteiger partial charge in [-0.2, -0.15) is 5.10 Å². The van der Waals surface area contributed by atoms with Gasteiger partial charge in [0.15, 0.2) is 0 Å². The first-order valence-electron chi connectivity index (χ1n) is 6.50. The Morgan fingerprint density at radius 2 is 2.05 bits per heavy atom. The summed E-state index contributed by atoms with van der Waals surface area (Å²) in [6, 6.07) is 10.0. The summed E-state index contributed by atoms with van der Waals surface area (Å²) in [6.07, 6.45) is 0. The van der Waals surface area contributed by atoms with Crippen molar-refractivity contribution in [3.05, 3.63) is 52.8 Å². The Balaban J connectivity index is 2.35. The molecule has 0 N–H and O–H groups in total. The minimum atomic E-state index is -0.307. The Morgan fingerprint density at radius 1 is 1.35 bits per heavy atom. The molecule has 1 heterocycles. The van der Waals surface area contributed by atoms with Gasteiger partial charge in [0.05, 0.1) is 24.5 Å². The molecule has 0 unspecified atom stereocenters. The van der Waals surface area contributed by atoms with Crippen LogP contribution in [0.5, 0.6) is 0 Å². The monoisotopic (exact) mass is 336 g/mol. The third kappa shape index (κ3) is 3.10. The second-order valence-electron chi connectivity index (χ2n) is 4.40. The highest BCUT2D eigenvalue weighted by molar-refractivity contribution is 9.08. The van der Waals surface area contributed by atoms with Crippen molar-refractivity contribution < 1.29 is 9.53 Å². The fourth-order valence-electron chi connectivity index (χ4n) is 2.12. The molecule has 0 saturated heterocycles. The van der Waals surface area contributed by atoms with Gasteiger partial charge < -0.3 is 4.74 Å². The van der Waals surface area contributed by atoms with Crippen LogP contribution in [-0.4, -0.2) is 22.4 Å². The maximum atomic E-state index is 12.0. The van der Waals surface area contributed by atoms with Crippen LogP contribution in [0.1, 0.15) is 34.2 Å². The lowest BCUT2D eigenvalue weighted by atomic mass is 10.2. The number of benzene rings is 1. The molecule has 20 heavy (non-hydrogen) atoms. The second-order valence-corrected chi connectivity index (χ2v) is 4.97. The molecule has 0 spiro atoms. The minimum absolute atomic E-state index is 0.307. The quantitative estimate of drug-likeness (QED) is 0.621. The molecule has 5 heteroatoms. The summed E-state index contributed by atoms with van der Waals surface area (Å²) in [4.78, 5) is 12.0. The zero-order valence-corrected chi connectivity index (χ0v) is 13.2. The average molecular weight is 337 g/mol. The highest BCUT2D eigenvalue weighted by Gasteiger charge is 2.21. The van der Waals surface area contributed by atoms with Crippen molar-refractivity contribution in [1.82, 2.24) is 9.78 Å². The molecule has 0 saturated carbocycles. The Hall–Kier alpha value is -1.62. The summed E-state index contributed by atoms with van der Waals surface area (Å²) in [6.45, 7) is 4.64. The molecule has 0 aliphatic heterocycles. The van der Waals surface area contributed by atoms with E-state index in [4.69, 9.17) is 4.74 Å². The van der Waals surface area contributed by atoms with Crippen molar-refractivity contribution in [3.63, 3.8) is 0 Å². The zero-order chi connectivity index (χ0) is 14.5. The Bertz CT molecular complexity index is 593. The van der Waals surface area contributed by atoms with Crippen molar-refractivity contribution >= 4 is 21.9 Å². The molecule has 0 amide bonds. The van der Waals surface area contributed by atoms with Gasteiger partial charge >= 0.3 is 5.97 Å². The fraction of sp³-hybridized carbons (Fsp3) is 0.333. The normalized spacial score (nSPS) is 10.6. The number of carbonyl (C=O) groups is 1. The molecule has 1 aromatic heterocycles. The highest BCUT2D eigenvalue weighted by Crippen LogP contribution is 2.19. The maximum absolute atomic E-state index is 12.0. The van der Waals surface area contributed by atoms with E-state index in [0.717, 1.165) is 11.3 Å². The lowest BCUT2D eigenvalue weighted by Crippen LogP contribution is -2.10. The maximum Gasteiger partial charge on any atom is 0.341 e. The number of halogens is 1. The minimum Gasteiger partial charge on any atom is -0.462 e. The van der Waals surface area contributed by atoms with Gasteiger partial charge in [0.2, 0.25) is 0 Å². The molecular weight excluding hydrogens is 320 g/mol. The van der Waals surface area contributed by atoms with Crippen molar-refractivity contribution in [2.75, 3.05) is 6.61 Å². The lowest BCUT2D eigenvalue weighted by molar-refractivity contribution is 0.0524. The van der Waals surface area contributed by atoms with Crippen LogP contribution in [-0.2, 0) is 16.6 Å². The number of alkyl halides is 1. The summed E-state index contributed by atoms with van der Waals surface area (Å²) in [5, 5.41) is 5.03.